The predicted octanol–water partition coefficient (Wildman–Crippen LogP) is 1.14. The van der Waals surface area contributed by atoms with Crippen molar-refractivity contribution in [1.29, 1.82) is 0 Å². The Hall–Kier alpha value is -1.79. The molecule has 0 aromatic heterocycles. The summed E-state index contributed by atoms with van der Waals surface area (Å²) in [6, 6.07) is 0. The first-order valence-electron chi connectivity index (χ1n) is 8.56. The van der Waals surface area contributed by atoms with E-state index in [0.717, 1.165) is 56.1 Å². The Morgan fingerprint density at radius 1 is 1.35 bits per heavy atom. The number of likely N-dealkylation sites (N-methyl/N-ethyl adjacent to an activating group) is 1. The van der Waals surface area contributed by atoms with Gasteiger partial charge in [0.2, 0.25) is 0 Å². The number of hydrazone groups is 1. The van der Waals surface area contributed by atoms with Crippen molar-refractivity contribution in [3.8, 4) is 0 Å². The number of unbranched alkanes of at least 4 members (excludes halogenated alkanes) is 1. The topological polar surface area (TPSA) is 54.9 Å². The summed E-state index contributed by atoms with van der Waals surface area (Å²) < 4.78 is 0. The lowest BCUT2D eigenvalue weighted by atomic mass is 10.1. The van der Waals surface area contributed by atoms with Gasteiger partial charge >= 0.3 is 0 Å². The van der Waals surface area contributed by atoms with Gasteiger partial charge in [-0.2, -0.15) is 5.10 Å². The minimum Gasteiger partial charge on any atom is -0.347 e. The summed E-state index contributed by atoms with van der Waals surface area (Å²) in [7, 11) is 1.95. The van der Waals surface area contributed by atoms with Crippen LogP contribution in [0.25, 0.3) is 0 Å². The van der Waals surface area contributed by atoms with Crippen LogP contribution in [0, 0.1) is 0 Å². The van der Waals surface area contributed by atoms with Crippen molar-refractivity contribution in [2.24, 2.45) is 5.10 Å². The highest BCUT2D eigenvalue weighted by Gasteiger charge is 2.46. The quantitative estimate of drug-likeness (QED) is 0.679. The van der Waals surface area contributed by atoms with Crippen LogP contribution >= 0.6 is 0 Å². The van der Waals surface area contributed by atoms with Crippen molar-refractivity contribution in [1.82, 2.24) is 25.9 Å². The van der Waals surface area contributed by atoms with Crippen molar-refractivity contribution in [3.63, 3.8) is 0 Å². The second-order valence-electron chi connectivity index (χ2n) is 6.26. The van der Waals surface area contributed by atoms with Crippen LogP contribution in [0.15, 0.2) is 40.9 Å². The maximum Gasteiger partial charge on any atom is 0.168 e. The summed E-state index contributed by atoms with van der Waals surface area (Å²) in [6.45, 7) is 10.2. The summed E-state index contributed by atoms with van der Waals surface area (Å²) in [6.07, 6.45) is 9.72. The van der Waals surface area contributed by atoms with Crippen LogP contribution in [0.2, 0.25) is 0 Å². The molecular weight excluding hydrogens is 288 g/mol. The fourth-order valence-corrected chi connectivity index (χ4v) is 3.35. The van der Waals surface area contributed by atoms with E-state index in [9.17, 15) is 0 Å². The van der Waals surface area contributed by atoms with E-state index in [2.05, 4.69) is 51.6 Å². The first-order valence-corrected chi connectivity index (χ1v) is 8.56. The van der Waals surface area contributed by atoms with Gasteiger partial charge in [-0.3, -0.25) is 10.3 Å². The summed E-state index contributed by atoms with van der Waals surface area (Å²) >= 11 is 0. The van der Waals surface area contributed by atoms with Crippen molar-refractivity contribution in [2.75, 3.05) is 33.2 Å². The minimum atomic E-state index is -0.259. The maximum absolute atomic E-state index is 4.40. The third-order valence-corrected chi connectivity index (χ3v) is 4.64. The van der Waals surface area contributed by atoms with E-state index < -0.39 is 0 Å². The van der Waals surface area contributed by atoms with E-state index in [-0.39, 0.29) is 5.79 Å². The summed E-state index contributed by atoms with van der Waals surface area (Å²) in [5.74, 6) is -0.259. The van der Waals surface area contributed by atoms with E-state index in [1.54, 1.807) is 0 Å². The molecule has 0 bridgehead atoms. The van der Waals surface area contributed by atoms with Crippen LogP contribution in [0.3, 0.4) is 0 Å². The molecule has 23 heavy (non-hydrogen) atoms. The Morgan fingerprint density at radius 2 is 2.22 bits per heavy atom. The molecule has 3 aliphatic heterocycles. The molecule has 0 amide bonds. The third kappa shape index (κ3) is 3.01. The molecule has 1 spiro atoms. The highest BCUT2D eigenvalue weighted by Crippen LogP contribution is 2.35. The smallest absolute Gasteiger partial charge is 0.168 e. The first kappa shape index (κ1) is 16.1. The van der Waals surface area contributed by atoms with Crippen LogP contribution in [-0.4, -0.2) is 55.1 Å². The minimum absolute atomic E-state index is 0.259. The Balaban J connectivity index is 1.89. The lowest BCUT2D eigenvalue weighted by molar-refractivity contribution is 0.0982. The van der Waals surface area contributed by atoms with Crippen LogP contribution in [0.1, 0.15) is 26.2 Å². The van der Waals surface area contributed by atoms with Crippen molar-refractivity contribution in [3.05, 3.63) is 35.8 Å². The second-order valence-corrected chi connectivity index (χ2v) is 6.26. The molecule has 0 aliphatic carbocycles. The zero-order valence-electron chi connectivity index (χ0n) is 14.2. The molecule has 3 heterocycles. The van der Waals surface area contributed by atoms with Crippen LogP contribution in [-0.2, 0) is 0 Å². The molecule has 126 valence electrons. The van der Waals surface area contributed by atoms with E-state index in [1.165, 1.54) is 6.42 Å². The fraction of sp³-hybridized carbons (Fsp3) is 0.588. The number of allylic oxidation sites excluding steroid dienone is 2. The summed E-state index contributed by atoms with van der Waals surface area (Å²) in [4.78, 5) is 2.41. The van der Waals surface area contributed by atoms with E-state index >= 15 is 0 Å². The Kier molecular flexibility index (Phi) is 4.73. The van der Waals surface area contributed by atoms with E-state index in [0.29, 0.717) is 0 Å². The van der Waals surface area contributed by atoms with E-state index in [1.807, 2.05) is 18.3 Å². The molecule has 3 N–H and O–H groups in total. The Morgan fingerprint density at radius 3 is 3.04 bits per heavy atom. The zero-order valence-corrected chi connectivity index (χ0v) is 14.2. The normalized spacial score (nSPS) is 27.8. The highest BCUT2D eigenvalue weighted by atomic mass is 15.5. The van der Waals surface area contributed by atoms with Crippen LogP contribution in [0.4, 0.5) is 0 Å². The maximum atomic E-state index is 4.40. The van der Waals surface area contributed by atoms with Gasteiger partial charge in [-0.05, 0) is 6.42 Å². The molecule has 1 fully saturated rings. The summed E-state index contributed by atoms with van der Waals surface area (Å²) in [5, 5.41) is 17.1. The van der Waals surface area contributed by atoms with Gasteiger partial charge in [-0.25, -0.2) is 0 Å². The molecule has 3 aliphatic rings. The largest absolute Gasteiger partial charge is 0.347 e. The van der Waals surface area contributed by atoms with Gasteiger partial charge < -0.3 is 15.5 Å². The predicted molar refractivity (Wildman–Crippen MR) is 94.5 cm³/mol. The third-order valence-electron chi connectivity index (χ3n) is 4.64. The lowest BCUT2D eigenvalue weighted by Crippen LogP contribution is -2.63. The molecule has 0 radical (unpaired) electrons. The molecule has 1 unspecified atom stereocenters. The molecule has 3 rings (SSSR count). The fourth-order valence-electron chi connectivity index (χ4n) is 3.35. The molecule has 1 saturated heterocycles. The molecule has 0 aromatic rings. The molecular formula is C17H28N6. The average molecular weight is 316 g/mol. The molecule has 0 saturated carbocycles. The van der Waals surface area contributed by atoms with Crippen LogP contribution < -0.4 is 16.0 Å². The monoisotopic (exact) mass is 316 g/mol. The standard InChI is InChI=1S/C17H28N6/c1-4-5-6-7-12-23-16-14(2)22(3)20-13-15(16)21-17(23)8-9-18-10-11-19-17/h6-7,13,18-19,21H,2,4-5,8-12H2,1,3H3/b7-6+. The highest BCUT2D eigenvalue weighted by molar-refractivity contribution is 5.82. The first-order chi connectivity index (χ1) is 11.2. The van der Waals surface area contributed by atoms with Crippen molar-refractivity contribution in [2.45, 2.75) is 32.0 Å². The van der Waals surface area contributed by atoms with Gasteiger partial charge in [-0.15, -0.1) is 0 Å². The van der Waals surface area contributed by atoms with Crippen molar-refractivity contribution < 1.29 is 0 Å². The van der Waals surface area contributed by atoms with Gasteiger partial charge in [-0.1, -0.05) is 32.1 Å². The number of hydrogen-bond donors (Lipinski definition) is 3. The second kappa shape index (κ2) is 6.76. The molecule has 1 atom stereocenters. The summed E-state index contributed by atoms with van der Waals surface area (Å²) in [5.41, 5.74) is 3.15. The Bertz CT molecular complexity index is 539. The van der Waals surface area contributed by atoms with Gasteiger partial charge in [0.05, 0.1) is 23.3 Å². The SMILES string of the molecule is C=C1C2=C(C=NN1C)NC1(CCNCCN1)N2C/C=C/CCC. The number of hydrogen-bond acceptors (Lipinski definition) is 6. The van der Waals surface area contributed by atoms with Crippen molar-refractivity contribution >= 4 is 6.21 Å². The number of nitrogens with zero attached hydrogens (tertiary/aromatic N) is 3. The zero-order chi connectivity index (χ0) is 16.3. The number of rotatable bonds is 4. The molecule has 6 heteroatoms. The molecule has 0 aromatic carbocycles. The van der Waals surface area contributed by atoms with Gasteiger partial charge in [0, 0.05) is 39.6 Å². The van der Waals surface area contributed by atoms with Gasteiger partial charge in [0.1, 0.15) is 0 Å². The Labute approximate surface area is 139 Å². The average Bonchev–Trinajstić information content (AvgIpc) is 2.69. The van der Waals surface area contributed by atoms with E-state index in [4.69, 9.17) is 0 Å². The lowest BCUT2D eigenvalue weighted by Gasteiger charge is -2.41. The van der Waals surface area contributed by atoms with Gasteiger partial charge in [0.15, 0.2) is 5.79 Å². The van der Waals surface area contributed by atoms with Crippen LogP contribution in [0.5, 0.6) is 0 Å². The van der Waals surface area contributed by atoms with Gasteiger partial charge in [0.25, 0.3) is 0 Å². The molecule has 6 nitrogen and oxygen atoms in total. The number of nitrogens with one attached hydrogen (secondary N) is 3.